The molecule has 6 heteroatoms. The molecule has 0 radical (unpaired) electrons. The maximum absolute atomic E-state index is 5.67. The molecule has 2 aromatic carbocycles. The van der Waals surface area contributed by atoms with Crippen LogP contribution in [-0.2, 0) is 0 Å². The van der Waals surface area contributed by atoms with E-state index in [1.165, 1.54) is 11.3 Å². The summed E-state index contributed by atoms with van der Waals surface area (Å²) in [5.41, 5.74) is 8.33. The van der Waals surface area contributed by atoms with Crippen molar-refractivity contribution in [3.63, 3.8) is 0 Å². The topological polar surface area (TPSA) is 73.1 Å². The van der Waals surface area contributed by atoms with Crippen LogP contribution in [-0.4, -0.2) is 16.8 Å². The van der Waals surface area contributed by atoms with E-state index in [0.29, 0.717) is 6.61 Å². The Labute approximate surface area is 132 Å². The van der Waals surface area contributed by atoms with Gasteiger partial charge in [-0.05, 0) is 43.3 Å². The Morgan fingerprint density at radius 3 is 2.73 bits per heavy atom. The predicted molar refractivity (Wildman–Crippen MR) is 90.7 cm³/mol. The summed E-state index contributed by atoms with van der Waals surface area (Å²) in [6.07, 6.45) is 0. The van der Waals surface area contributed by atoms with Crippen LogP contribution in [0.25, 0.3) is 10.6 Å². The first kappa shape index (κ1) is 14.3. The number of ether oxygens (including phenoxy) is 1. The highest BCUT2D eigenvalue weighted by atomic mass is 32.1. The van der Waals surface area contributed by atoms with Gasteiger partial charge in [0.2, 0.25) is 5.13 Å². The van der Waals surface area contributed by atoms with Crippen LogP contribution >= 0.6 is 11.3 Å². The summed E-state index contributed by atoms with van der Waals surface area (Å²) in [6, 6.07) is 15.4. The Kier molecular flexibility index (Phi) is 4.20. The summed E-state index contributed by atoms with van der Waals surface area (Å²) in [6.45, 7) is 2.61. The third kappa shape index (κ3) is 3.35. The standard InChI is InChI=1S/C16H16N4OS/c1-2-21-14-5-3-4-11(10-14)15-19-20-16(22-15)18-13-8-6-12(17)7-9-13/h3-10H,2,17H2,1H3,(H,18,20). The summed E-state index contributed by atoms with van der Waals surface area (Å²) in [7, 11) is 0. The van der Waals surface area contributed by atoms with Crippen molar-refractivity contribution in [1.82, 2.24) is 10.2 Å². The Morgan fingerprint density at radius 2 is 1.95 bits per heavy atom. The quantitative estimate of drug-likeness (QED) is 0.698. The van der Waals surface area contributed by atoms with Gasteiger partial charge >= 0.3 is 0 Å². The molecule has 0 saturated carbocycles. The molecule has 0 atom stereocenters. The van der Waals surface area contributed by atoms with Gasteiger partial charge in [0.15, 0.2) is 0 Å². The number of hydrogen-bond donors (Lipinski definition) is 2. The van der Waals surface area contributed by atoms with Crippen molar-refractivity contribution in [2.45, 2.75) is 6.92 Å². The van der Waals surface area contributed by atoms with E-state index in [2.05, 4.69) is 15.5 Å². The van der Waals surface area contributed by atoms with Crippen molar-refractivity contribution in [2.75, 3.05) is 17.7 Å². The number of hydrogen-bond acceptors (Lipinski definition) is 6. The predicted octanol–water partition coefficient (Wildman–Crippen LogP) is 3.93. The fourth-order valence-electron chi connectivity index (χ4n) is 1.97. The largest absolute Gasteiger partial charge is 0.494 e. The molecule has 3 aromatic rings. The van der Waals surface area contributed by atoms with Crippen molar-refractivity contribution in [3.8, 4) is 16.3 Å². The van der Waals surface area contributed by atoms with Crippen molar-refractivity contribution in [1.29, 1.82) is 0 Å². The third-order valence-corrected chi connectivity index (χ3v) is 3.87. The molecule has 1 heterocycles. The smallest absolute Gasteiger partial charge is 0.210 e. The first-order chi connectivity index (χ1) is 10.7. The van der Waals surface area contributed by atoms with E-state index >= 15 is 0 Å². The van der Waals surface area contributed by atoms with E-state index in [1.54, 1.807) is 0 Å². The van der Waals surface area contributed by atoms with Crippen molar-refractivity contribution < 1.29 is 4.74 Å². The van der Waals surface area contributed by atoms with E-state index < -0.39 is 0 Å². The van der Waals surface area contributed by atoms with Gasteiger partial charge in [0.25, 0.3) is 0 Å². The first-order valence-corrected chi connectivity index (χ1v) is 7.75. The van der Waals surface area contributed by atoms with E-state index in [9.17, 15) is 0 Å². The van der Waals surface area contributed by atoms with Crippen LogP contribution in [0, 0.1) is 0 Å². The Morgan fingerprint density at radius 1 is 1.14 bits per heavy atom. The van der Waals surface area contributed by atoms with E-state index in [-0.39, 0.29) is 0 Å². The molecular weight excluding hydrogens is 296 g/mol. The highest BCUT2D eigenvalue weighted by Gasteiger charge is 2.08. The molecule has 0 fully saturated rings. The number of aromatic nitrogens is 2. The summed E-state index contributed by atoms with van der Waals surface area (Å²) in [5, 5.41) is 13.2. The zero-order valence-corrected chi connectivity index (χ0v) is 12.9. The SMILES string of the molecule is CCOc1cccc(-c2nnc(Nc3ccc(N)cc3)s2)c1. The number of nitrogens with one attached hydrogen (secondary N) is 1. The lowest BCUT2D eigenvalue weighted by Crippen LogP contribution is -1.91. The number of rotatable bonds is 5. The van der Waals surface area contributed by atoms with Crippen molar-refractivity contribution >= 4 is 27.8 Å². The molecule has 0 bridgehead atoms. The van der Waals surface area contributed by atoms with Gasteiger partial charge < -0.3 is 15.8 Å². The molecule has 3 rings (SSSR count). The minimum atomic E-state index is 0.642. The second-order valence-electron chi connectivity index (χ2n) is 4.62. The molecule has 0 aliphatic heterocycles. The molecule has 0 aliphatic rings. The van der Waals surface area contributed by atoms with E-state index in [0.717, 1.165) is 32.8 Å². The molecule has 0 unspecified atom stereocenters. The Balaban J connectivity index is 1.78. The van der Waals surface area contributed by atoms with E-state index in [1.807, 2.05) is 55.5 Å². The lowest BCUT2D eigenvalue weighted by molar-refractivity contribution is 0.340. The van der Waals surface area contributed by atoms with Gasteiger partial charge in [-0.3, -0.25) is 0 Å². The summed E-state index contributed by atoms with van der Waals surface area (Å²) in [5.74, 6) is 0.836. The lowest BCUT2D eigenvalue weighted by Gasteiger charge is -2.03. The van der Waals surface area contributed by atoms with Gasteiger partial charge in [-0.2, -0.15) is 0 Å². The molecule has 1 aromatic heterocycles. The first-order valence-electron chi connectivity index (χ1n) is 6.94. The average molecular weight is 312 g/mol. The maximum atomic E-state index is 5.67. The van der Waals surface area contributed by atoms with Crippen molar-refractivity contribution in [3.05, 3.63) is 48.5 Å². The number of nitrogen functional groups attached to an aromatic ring is 1. The highest BCUT2D eigenvalue weighted by molar-refractivity contribution is 7.18. The zero-order valence-electron chi connectivity index (χ0n) is 12.1. The van der Waals surface area contributed by atoms with Gasteiger partial charge in [0, 0.05) is 16.9 Å². The van der Waals surface area contributed by atoms with Gasteiger partial charge in [-0.25, -0.2) is 0 Å². The Hall–Kier alpha value is -2.60. The number of anilines is 3. The summed E-state index contributed by atoms with van der Waals surface area (Å²) in [4.78, 5) is 0. The van der Waals surface area contributed by atoms with Gasteiger partial charge in [-0.1, -0.05) is 23.5 Å². The lowest BCUT2D eigenvalue weighted by atomic mass is 10.2. The fraction of sp³-hybridized carbons (Fsp3) is 0.125. The maximum Gasteiger partial charge on any atom is 0.210 e. The zero-order chi connectivity index (χ0) is 15.4. The van der Waals surface area contributed by atoms with Crippen LogP contribution in [0.4, 0.5) is 16.5 Å². The van der Waals surface area contributed by atoms with Crippen LogP contribution in [0.1, 0.15) is 6.92 Å². The van der Waals surface area contributed by atoms with Crippen LogP contribution in [0.5, 0.6) is 5.75 Å². The monoisotopic (exact) mass is 312 g/mol. The molecular formula is C16H16N4OS. The molecule has 22 heavy (non-hydrogen) atoms. The minimum Gasteiger partial charge on any atom is -0.494 e. The molecule has 0 amide bonds. The van der Waals surface area contributed by atoms with Crippen LogP contribution in [0.15, 0.2) is 48.5 Å². The molecule has 5 nitrogen and oxygen atoms in total. The van der Waals surface area contributed by atoms with Crippen molar-refractivity contribution in [2.24, 2.45) is 0 Å². The van der Waals surface area contributed by atoms with E-state index in [4.69, 9.17) is 10.5 Å². The number of nitrogens with two attached hydrogens (primary N) is 1. The molecule has 0 saturated heterocycles. The second-order valence-corrected chi connectivity index (χ2v) is 5.60. The normalized spacial score (nSPS) is 10.4. The highest BCUT2D eigenvalue weighted by Crippen LogP contribution is 2.30. The summed E-state index contributed by atoms with van der Waals surface area (Å²) >= 11 is 1.49. The van der Waals surface area contributed by atoms with Gasteiger partial charge in [0.1, 0.15) is 10.8 Å². The van der Waals surface area contributed by atoms with Crippen LogP contribution in [0.3, 0.4) is 0 Å². The summed E-state index contributed by atoms with van der Waals surface area (Å²) < 4.78 is 5.51. The number of nitrogens with zero attached hydrogens (tertiary/aromatic N) is 2. The Bertz CT molecular complexity index is 755. The van der Waals surface area contributed by atoms with Gasteiger partial charge in [0.05, 0.1) is 6.61 Å². The molecule has 3 N–H and O–H groups in total. The molecule has 0 aliphatic carbocycles. The second kappa shape index (κ2) is 6.44. The van der Waals surface area contributed by atoms with Crippen LogP contribution < -0.4 is 15.8 Å². The third-order valence-electron chi connectivity index (χ3n) is 2.98. The molecule has 0 spiro atoms. The minimum absolute atomic E-state index is 0.642. The molecule has 112 valence electrons. The fourth-order valence-corrected chi connectivity index (χ4v) is 2.73. The van der Waals surface area contributed by atoms with Crippen LogP contribution in [0.2, 0.25) is 0 Å². The number of benzene rings is 2. The average Bonchev–Trinajstić information content (AvgIpc) is 2.99. The van der Waals surface area contributed by atoms with Gasteiger partial charge in [-0.15, -0.1) is 10.2 Å².